The molecule has 2 aromatic carbocycles. The van der Waals surface area contributed by atoms with Crippen molar-refractivity contribution in [3.63, 3.8) is 0 Å². The summed E-state index contributed by atoms with van der Waals surface area (Å²) < 4.78 is 5.45. The lowest BCUT2D eigenvalue weighted by Crippen LogP contribution is -2.51. The number of carbonyl (C=O) groups excluding carboxylic acids is 1. The third-order valence-corrected chi connectivity index (χ3v) is 5.09. The Morgan fingerprint density at radius 1 is 1.12 bits per heavy atom. The number of hydrogen-bond donors (Lipinski definition) is 1. The Bertz CT molecular complexity index is 760. The molecule has 2 aliphatic heterocycles. The molecule has 5 nitrogen and oxygen atoms in total. The SMILES string of the molecule is COc1ccccc1-c1ccc(CN2CCN3C(=O)NC[C@H]3C2)cc1. The monoisotopic (exact) mass is 337 g/mol. The highest BCUT2D eigenvalue weighted by Gasteiger charge is 2.35. The van der Waals surface area contributed by atoms with E-state index < -0.39 is 0 Å². The highest BCUT2D eigenvalue weighted by molar-refractivity contribution is 5.77. The molecule has 4 rings (SSSR count). The van der Waals surface area contributed by atoms with Gasteiger partial charge in [-0.15, -0.1) is 0 Å². The molecule has 2 aliphatic rings. The minimum absolute atomic E-state index is 0.0887. The molecule has 0 aromatic heterocycles. The number of piperazine rings is 1. The molecule has 0 saturated carbocycles. The third-order valence-electron chi connectivity index (χ3n) is 5.09. The maximum atomic E-state index is 11.7. The van der Waals surface area contributed by atoms with Gasteiger partial charge in [-0.05, 0) is 17.2 Å². The number of rotatable bonds is 4. The zero-order valence-corrected chi connectivity index (χ0v) is 14.4. The third kappa shape index (κ3) is 3.20. The number of benzene rings is 2. The van der Waals surface area contributed by atoms with Gasteiger partial charge in [0.2, 0.25) is 0 Å². The normalized spacial score (nSPS) is 20.3. The van der Waals surface area contributed by atoms with Crippen molar-refractivity contribution < 1.29 is 9.53 Å². The Hall–Kier alpha value is -2.53. The van der Waals surface area contributed by atoms with Crippen molar-refractivity contribution in [1.29, 1.82) is 0 Å². The van der Waals surface area contributed by atoms with E-state index in [0.717, 1.165) is 49.6 Å². The molecule has 2 amide bonds. The molecule has 2 saturated heterocycles. The average Bonchev–Trinajstić information content (AvgIpc) is 3.03. The Kier molecular flexibility index (Phi) is 4.32. The van der Waals surface area contributed by atoms with E-state index >= 15 is 0 Å². The molecule has 5 heteroatoms. The Morgan fingerprint density at radius 3 is 2.72 bits per heavy atom. The molecule has 1 N–H and O–H groups in total. The topological polar surface area (TPSA) is 44.8 Å². The summed E-state index contributed by atoms with van der Waals surface area (Å²) in [5.74, 6) is 0.893. The van der Waals surface area contributed by atoms with E-state index in [4.69, 9.17) is 4.74 Å². The number of nitrogens with zero attached hydrogens (tertiary/aromatic N) is 2. The highest BCUT2D eigenvalue weighted by Crippen LogP contribution is 2.29. The number of para-hydroxylation sites is 1. The number of methoxy groups -OCH3 is 1. The summed E-state index contributed by atoms with van der Waals surface area (Å²) in [4.78, 5) is 16.1. The fraction of sp³-hybridized carbons (Fsp3) is 0.350. The quantitative estimate of drug-likeness (QED) is 0.933. The summed E-state index contributed by atoms with van der Waals surface area (Å²) in [7, 11) is 1.70. The van der Waals surface area contributed by atoms with Crippen LogP contribution in [0.4, 0.5) is 4.79 Å². The second-order valence-electron chi connectivity index (χ2n) is 6.67. The molecule has 0 radical (unpaired) electrons. The van der Waals surface area contributed by atoms with Crippen LogP contribution in [0.25, 0.3) is 11.1 Å². The van der Waals surface area contributed by atoms with Gasteiger partial charge in [0.15, 0.2) is 0 Å². The zero-order valence-electron chi connectivity index (χ0n) is 14.4. The Labute approximate surface area is 148 Å². The van der Waals surface area contributed by atoms with Gasteiger partial charge in [0.25, 0.3) is 0 Å². The van der Waals surface area contributed by atoms with Crippen molar-refractivity contribution in [3.8, 4) is 16.9 Å². The maximum absolute atomic E-state index is 11.7. The van der Waals surface area contributed by atoms with E-state index in [9.17, 15) is 4.79 Å². The van der Waals surface area contributed by atoms with Crippen LogP contribution in [0, 0.1) is 0 Å². The zero-order chi connectivity index (χ0) is 17.2. The number of carbonyl (C=O) groups is 1. The lowest BCUT2D eigenvalue weighted by molar-refractivity contribution is 0.116. The largest absolute Gasteiger partial charge is 0.496 e. The summed E-state index contributed by atoms with van der Waals surface area (Å²) in [6, 6.07) is 17.2. The van der Waals surface area contributed by atoms with E-state index in [1.54, 1.807) is 7.11 Å². The molecule has 2 aromatic rings. The summed E-state index contributed by atoms with van der Waals surface area (Å²) in [5.41, 5.74) is 3.57. The molecular weight excluding hydrogens is 314 g/mol. The Morgan fingerprint density at radius 2 is 1.92 bits per heavy atom. The van der Waals surface area contributed by atoms with Gasteiger partial charge >= 0.3 is 6.03 Å². The van der Waals surface area contributed by atoms with Crippen molar-refractivity contribution in [2.24, 2.45) is 0 Å². The van der Waals surface area contributed by atoms with E-state index in [1.165, 1.54) is 5.56 Å². The number of hydrogen-bond acceptors (Lipinski definition) is 3. The summed E-state index contributed by atoms with van der Waals surface area (Å²) in [5, 5.41) is 2.93. The molecule has 25 heavy (non-hydrogen) atoms. The first-order chi connectivity index (χ1) is 12.2. The van der Waals surface area contributed by atoms with Crippen LogP contribution >= 0.6 is 0 Å². The second kappa shape index (κ2) is 6.76. The summed E-state index contributed by atoms with van der Waals surface area (Å²) in [6.07, 6.45) is 0. The van der Waals surface area contributed by atoms with Crippen LogP contribution in [-0.2, 0) is 6.54 Å². The maximum Gasteiger partial charge on any atom is 0.317 e. The van der Waals surface area contributed by atoms with Gasteiger partial charge in [-0.25, -0.2) is 4.79 Å². The molecule has 1 atom stereocenters. The molecule has 130 valence electrons. The van der Waals surface area contributed by atoms with Crippen LogP contribution < -0.4 is 10.1 Å². The molecule has 0 aliphatic carbocycles. The van der Waals surface area contributed by atoms with Crippen LogP contribution in [0.5, 0.6) is 5.75 Å². The highest BCUT2D eigenvalue weighted by atomic mass is 16.5. The van der Waals surface area contributed by atoms with Crippen molar-refractivity contribution >= 4 is 6.03 Å². The first kappa shape index (κ1) is 16.0. The molecular formula is C20H23N3O2. The van der Waals surface area contributed by atoms with Crippen molar-refractivity contribution in [2.45, 2.75) is 12.6 Å². The Balaban J connectivity index is 1.44. The van der Waals surface area contributed by atoms with E-state index in [2.05, 4.69) is 40.5 Å². The summed E-state index contributed by atoms with van der Waals surface area (Å²) >= 11 is 0. The second-order valence-corrected chi connectivity index (χ2v) is 6.67. The standard InChI is InChI=1S/C20H23N3O2/c1-25-19-5-3-2-4-18(19)16-8-6-15(7-9-16)13-22-10-11-23-17(14-22)12-21-20(23)24/h2-9,17H,10-14H2,1H3,(H,21,24)/t17-/m0/s1. The average molecular weight is 337 g/mol. The van der Waals surface area contributed by atoms with Gasteiger partial charge in [0.1, 0.15) is 5.75 Å². The van der Waals surface area contributed by atoms with Crippen LogP contribution in [0.3, 0.4) is 0 Å². The van der Waals surface area contributed by atoms with Gasteiger partial charge in [-0.1, -0.05) is 42.5 Å². The minimum atomic E-state index is 0.0887. The van der Waals surface area contributed by atoms with Gasteiger partial charge in [-0.3, -0.25) is 4.90 Å². The lowest BCUT2D eigenvalue weighted by atomic mass is 10.0. The fourth-order valence-corrected chi connectivity index (χ4v) is 3.74. The first-order valence-electron chi connectivity index (χ1n) is 8.74. The number of nitrogens with one attached hydrogen (secondary N) is 1. The number of urea groups is 1. The van der Waals surface area contributed by atoms with Crippen LogP contribution in [0.2, 0.25) is 0 Å². The van der Waals surface area contributed by atoms with E-state index in [-0.39, 0.29) is 6.03 Å². The molecule has 2 fully saturated rings. The van der Waals surface area contributed by atoms with Gasteiger partial charge in [0.05, 0.1) is 13.2 Å². The smallest absolute Gasteiger partial charge is 0.317 e. The fourth-order valence-electron chi connectivity index (χ4n) is 3.74. The first-order valence-corrected chi connectivity index (χ1v) is 8.74. The molecule has 0 spiro atoms. The van der Waals surface area contributed by atoms with Gasteiger partial charge in [0, 0.05) is 38.3 Å². The van der Waals surface area contributed by atoms with E-state index in [1.807, 2.05) is 23.1 Å². The minimum Gasteiger partial charge on any atom is -0.496 e. The number of amides is 2. The number of ether oxygens (including phenoxy) is 1. The van der Waals surface area contributed by atoms with Crippen molar-refractivity contribution in [1.82, 2.24) is 15.1 Å². The lowest BCUT2D eigenvalue weighted by Gasteiger charge is -2.36. The number of fused-ring (bicyclic) bond motifs is 1. The molecule has 2 heterocycles. The predicted molar refractivity (Wildman–Crippen MR) is 97.6 cm³/mol. The van der Waals surface area contributed by atoms with Gasteiger partial charge in [-0.2, -0.15) is 0 Å². The van der Waals surface area contributed by atoms with Crippen molar-refractivity contribution in [3.05, 3.63) is 54.1 Å². The van der Waals surface area contributed by atoms with Gasteiger partial charge < -0.3 is 15.0 Å². The van der Waals surface area contributed by atoms with Crippen LogP contribution in [0.15, 0.2) is 48.5 Å². The van der Waals surface area contributed by atoms with Crippen LogP contribution in [-0.4, -0.2) is 55.2 Å². The molecule has 0 unspecified atom stereocenters. The van der Waals surface area contributed by atoms with E-state index in [0.29, 0.717) is 6.04 Å². The predicted octanol–water partition coefficient (Wildman–Crippen LogP) is 2.57. The van der Waals surface area contributed by atoms with Crippen molar-refractivity contribution in [2.75, 3.05) is 33.3 Å². The molecule has 0 bridgehead atoms. The van der Waals surface area contributed by atoms with Crippen LogP contribution in [0.1, 0.15) is 5.56 Å². The summed E-state index contributed by atoms with van der Waals surface area (Å²) in [6.45, 7) is 4.37.